The van der Waals surface area contributed by atoms with Crippen LogP contribution in [0.25, 0.3) is 6.08 Å². The number of Topliss-reactive ketones (excluding diaryl/α,β-unsaturated/α-hetero) is 1. The highest BCUT2D eigenvalue weighted by Crippen LogP contribution is 2.87. The Kier molecular flexibility index (Phi) is 12.7. The van der Waals surface area contributed by atoms with E-state index in [-0.39, 0.29) is 110 Å². The molecule has 522 valence electrons. The highest BCUT2D eigenvalue weighted by Gasteiger charge is 2.83. The molecule has 12 heteroatoms. The number of hydrogen-bond acceptors (Lipinski definition) is 12. The predicted octanol–water partition coefficient (Wildman–Crippen LogP) is 14.1. The van der Waals surface area contributed by atoms with Gasteiger partial charge in [0.15, 0.2) is 23.0 Å². The molecule has 2 heterocycles. The normalized spacial score (nSPS) is 44.8. The van der Waals surface area contributed by atoms with E-state index in [0.717, 1.165) is 109 Å². The summed E-state index contributed by atoms with van der Waals surface area (Å²) < 4.78 is 5.96. The molecule has 102 heavy (non-hydrogen) atoms. The molecular formula is C90H91NO9S2. The van der Waals surface area contributed by atoms with Crippen molar-refractivity contribution in [3.8, 4) is 46.7 Å². The van der Waals surface area contributed by atoms with Gasteiger partial charge in [-0.1, -0.05) is 162 Å². The molecule has 25 atom stereocenters. The number of nitrogens with one attached hydrogen (secondary N) is 1. The molecule has 7 spiro atoms. The number of aromatic hydroxyl groups is 3. The van der Waals surface area contributed by atoms with E-state index >= 15 is 15.0 Å². The number of phenolic OH excluding ortho intramolecular Hbond substituents is 3. The molecule has 0 amide bonds. The largest absolute Gasteiger partial charge is 0.504 e. The Morgan fingerprint density at radius 2 is 1.67 bits per heavy atom. The fraction of sp³-hybridized carbons (Fsp3) is 0.544. The summed E-state index contributed by atoms with van der Waals surface area (Å²) in [6.07, 6.45) is 34.4. The van der Waals surface area contributed by atoms with Crippen LogP contribution in [0.15, 0.2) is 125 Å². The van der Waals surface area contributed by atoms with Gasteiger partial charge in [-0.3, -0.25) is 4.79 Å². The maximum Gasteiger partial charge on any atom is 0.160 e. The molecule has 8 N–H and O–H groups in total. The minimum Gasteiger partial charge on any atom is -0.504 e. The lowest BCUT2D eigenvalue weighted by Crippen LogP contribution is -2.81. The topological polar surface area (TPSA) is 180 Å². The first-order chi connectivity index (χ1) is 49.7. The van der Waals surface area contributed by atoms with Crippen molar-refractivity contribution in [3.05, 3.63) is 181 Å². The van der Waals surface area contributed by atoms with Gasteiger partial charge in [-0.2, -0.15) is 0 Å². The maximum atomic E-state index is 18.2. The summed E-state index contributed by atoms with van der Waals surface area (Å²) in [5.41, 5.74) is 12.0. The van der Waals surface area contributed by atoms with Crippen LogP contribution in [-0.2, 0) is 40.5 Å². The second-order valence-electron chi connectivity index (χ2n) is 36.1. The van der Waals surface area contributed by atoms with E-state index in [1.165, 1.54) is 60.6 Å². The van der Waals surface area contributed by atoms with Crippen molar-refractivity contribution in [2.45, 2.75) is 198 Å². The minimum atomic E-state index is -1.37. The van der Waals surface area contributed by atoms with Gasteiger partial charge in [-0.15, -0.1) is 5.92 Å². The van der Waals surface area contributed by atoms with Gasteiger partial charge in [0.1, 0.15) is 11.2 Å². The third kappa shape index (κ3) is 7.08. The van der Waals surface area contributed by atoms with Gasteiger partial charge in [0.05, 0.1) is 43.2 Å². The number of phenols is 3. The predicted molar refractivity (Wildman–Crippen MR) is 394 cm³/mol. The summed E-state index contributed by atoms with van der Waals surface area (Å²) in [5.74, 6) is 12.5. The zero-order valence-corrected chi connectivity index (χ0v) is 59.7. The number of hydrogen-bond donors (Lipinski definition) is 8. The Labute approximate surface area is 605 Å². The fourth-order valence-corrected chi connectivity index (χ4v) is 33.9. The van der Waals surface area contributed by atoms with Crippen LogP contribution in [0.3, 0.4) is 0 Å². The lowest BCUT2D eigenvalue weighted by atomic mass is 9.25. The van der Waals surface area contributed by atoms with Crippen molar-refractivity contribution >= 4 is 33.4 Å². The number of ether oxygens (including phenoxy) is 1. The number of carbonyl (C=O) groups excluding carboxylic acids is 1. The number of carbonyl (C=O) groups is 1. The number of piperidine rings is 1. The van der Waals surface area contributed by atoms with E-state index in [2.05, 4.69) is 119 Å². The van der Waals surface area contributed by atoms with Crippen LogP contribution in [0.5, 0.6) is 23.0 Å². The van der Waals surface area contributed by atoms with E-state index in [0.29, 0.717) is 36.8 Å². The van der Waals surface area contributed by atoms with Gasteiger partial charge in [0, 0.05) is 94.3 Å². The van der Waals surface area contributed by atoms with Crippen molar-refractivity contribution in [1.29, 1.82) is 0 Å². The first kappa shape index (κ1) is 62.1. The summed E-state index contributed by atoms with van der Waals surface area (Å²) in [4.78, 5) is 18.2. The maximum absolute atomic E-state index is 18.2. The number of fused-ring (bicyclic) bond motifs is 10. The molecule has 4 aromatic carbocycles. The number of benzene rings is 4. The Bertz CT molecular complexity index is 4790. The van der Waals surface area contributed by atoms with E-state index in [4.69, 9.17) is 4.74 Å². The molecule has 7 fully saturated rings. The molecule has 10 nitrogen and oxygen atoms in total. The van der Waals surface area contributed by atoms with E-state index in [9.17, 15) is 25.5 Å². The first-order valence-electron chi connectivity index (χ1n) is 39.3. The molecule has 4 aromatic rings. The quantitative estimate of drug-likeness (QED) is 0.0411. The SMILES string of the molecule is COc1cc(C2CC(=O)C3C4C=CC56C#CCC7NC8C9C=CC%10SSCC(C5O)C5%11c%12c(c(cc4c%126)CC4=CC6=C%10C9C9%10CC%12(CCCC%12C=C9C6CC4O)C4CC%10C8(c6cc(O)c(O)cc64)C(C3O)C7C#CC2Cc2ccccc2)C=CC5CC2(CCCC2)C%112CCCC2)c(CO)cc1O. The number of allylic oxidation sites excluding steroid dienone is 6. The van der Waals surface area contributed by atoms with Crippen molar-refractivity contribution in [1.82, 2.24) is 5.32 Å². The Balaban J connectivity index is 0.905. The summed E-state index contributed by atoms with van der Waals surface area (Å²) in [6.45, 7) is -0.407. The molecule has 18 aliphatic rings. The first-order valence-corrected chi connectivity index (χ1v) is 41.7. The summed E-state index contributed by atoms with van der Waals surface area (Å²) in [6, 6.07) is 19.3. The van der Waals surface area contributed by atoms with Crippen LogP contribution in [-0.4, -0.2) is 90.0 Å². The summed E-state index contributed by atoms with van der Waals surface area (Å²) in [5, 5.41) is 97.8. The van der Waals surface area contributed by atoms with Gasteiger partial charge in [0.25, 0.3) is 0 Å². The monoisotopic (exact) mass is 1390 g/mol. The number of rotatable bonds is 5. The van der Waals surface area contributed by atoms with Crippen molar-refractivity contribution in [3.63, 3.8) is 0 Å². The van der Waals surface area contributed by atoms with Crippen LogP contribution >= 0.6 is 21.6 Å². The molecule has 16 aliphatic carbocycles. The van der Waals surface area contributed by atoms with Crippen LogP contribution < -0.4 is 10.1 Å². The van der Waals surface area contributed by atoms with Gasteiger partial charge in [-0.25, -0.2) is 0 Å². The van der Waals surface area contributed by atoms with Gasteiger partial charge in [0.2, 0.25) is 0 Å². The second kappa shape index (κ2) is 20.9. The van der Waals surface area contributed by atoms with E-state index < -0.39 is 88.1 Å². The average molecular weight is 1390 g/mol. The molecule has 0 aromatic heterocycles. The Morgan fingerprint density at radius 1 is 0.833 bits per heavy atom. The molecular weight excluding hydrogens is 1300 g/mol. The van der Waals surface area contributed by atoms with E-state index in [1.807, 2.05) is 35.1 Å². The van der Waals surface area contributed by atoms with E-state index in [1.54, 1.807) is 6.07 Å². The number of aliphatic hydroxyl groups excluding tert-OH is 4. The zero-order chi connectivity index (χ0) is 68.3. The molecule has 17 bridgehead atoms. The lowest BCUT2D eigenvalue weighted by Gasteiger charge is -2.79. The molecule has 6 saturated carbocycles. The van der Waals surface area contributed by atoms with Gasteiger partial charge in [-0.05, 0) is 220 Å². The summed E-state index contributed by atoms with van der Waals surface area (Å²) in [7, 11) is 5.61. The number of methoxy groups -OCH3 is 1. The van der Waals surface area contributed by atoms with Crippen LogP contribution in [0.1, 0.15) is 183 Å². The molecule has 25 unspecified atom stereocenters. The van der Waals surface area contributed by atoms with Crippen molar-refractivity contribution in [2.24, 2.45) is 86.8 Å². The van der Waals surface area contributed by atoms with Crippen molar-refractivity contribution < 1.29 is 45.3 Å². The smallest absolute Gasteiger partial charge is 0.160 e. The standard InChI is InChI=1S/C90H91NO9S2/c1-100-72-38-57(49(42-92)33-70(72)96)56-35-71(97)75-53-21-28-85-24-10-14-66-54(17-15-46(56)29-45-11-3-2-4-12-45)80(81(75)98)89-64-39-69(95)68(94)37-61(64)62-40-74(89)88-44-86(62)25-9-13-50(86)34-63(88)58-36-67(93)48-30-47-31-60(53)78(85)79-52(47)18-16-51-41-84(22-5-6-23-84)87(26-7-8-27-87)90(51,79)65(83(85)99)43-101-102-73-20-19-55(82(89)91-66)77(88)76(73)59(58)32-48/h2-4,11-12,16,18-21,28,31-34,37-39,46,50-51,53-56,58,62,65-67,73-75,77,80-83,91-96,98-99H,5-9,13-14,22-23,25-27,29-30,35-36,40-44H2,1H3. The van der Waals surface area contributed by atoms with Crippen molar-refractivity contribution in [2.75, 3.05) is 12.9 Å². The van der Waals surface area contributed by atoms with Crippen LogP contribution in [0.4, 0.5) is 0 Å². The molecule has 1 saturated heterocycles. The number of ketones is 1. The second-order valence-corrected chi connectivity index (χ2v) is 38.7. The van der Waals surface area contributed by atoms with Gasteiger partial charge < -0.3 is 45.8 Å². The highest BCUT2D eigenvalue weighted by molar-refractivity contribution is 8.77. The zero-order valence-electron chi connectivity index (χ0n) is 58.1. The minimum absolute atomic E-state index is 0.00903. The number of aliphatic hydroxyl groups is 4. The summed E-state index contributed by atoms with van der Waals surface area (Å²) >= 11 is 0. The third-order valence-electron chi connectivity index (χ3n) is 33.6. The fourth-order valence-electron chi connectivity index (χ4n) is 30.9. The van der Waals surface area contributed by atoms with Crippen LogP contribution in [0, 0.1) is 110 Å². The lowest BCUT2D eigenvalue weighted by molar-refractivity contribution is -0.200. The highest BCUT2D eigenvalue weighted by atomic mass is 33.1. The average Bonchev–Trinajstić information content (AvgIpc) is 0.883. The Morgan fingerprint density at radius 3 is 2.50 bits per heavy atom. The molecule has 0 radical (unpaired) electrons. The third-order valence-corrected chi connectivity index (χ3v) is 36.3. The Hall–Kier alpha value is -6.19. The molecule has 2 aliphatic heterocycles. The molecule has 22 rings (SSSR count). The van der Waals surface area contributed by atoms with Gasteiger partial charge >= 0.3 is 0 Å². The van der Waals surface area contributed by atoms with Crippen LogP contribution in [0.2, 0.25) is 0 Å².